The quantitative estimate of drug-likeness (QED) is 0.402. The predicted octanol–water partition coefficient (Wildman–Crippen LogP) is 1.80. The minimum Gasteiger partial charge on any atom is -0.478 e. The second-order valence-corrected chi connectivity index (χ2v) is 5.40. The SMILES string of the molecule is C=CC(=O)OCCCC(C)(O)COC(=O)c1ccccc1C(=O)O. The fourth-order valence-electron chi connectivity index (χ4n) is 1.90. The van der Waals surface area contributed by atoms with Crippen molar-refractivity contribution in [2.75, 3.05) is 13.2 Å². The number of aliphatic hydroxyl groups is 1. The Balaban J connectivity index is 2.52. The van der Waals surface area contributed by atoms with E-state index in [0.717, 1.165) is 6.08 Å². The van der Waals surface area contributed by atoms with Crippen LogP contribution in [0.5, 0.6) is 0 Å². The maximum atomic E-state index is 12.0. The first-order valence-electron chi connectivity index (χ1n) is 7.28. The Bertz CT molecular complexity index is 619. The average molecular weight is 336 g/mol. The van der Waals surface area contributed by atoms with Gasteiger partial charge in [0.25, 0.3) is 0 Å². The third kappa shape index (κ3) is 6.21. The van der Waals surface area contributed by atoms with E-state index in [9.17, 15) is 19.5 Å². The molecule has 0 saturated carbocycles. The minimum atomic E-state index is -1.32. The number of carbonyl (C=O) groups is 3. The molecule has 0 fully saturated rings. The van der Waals surface area contributed by atoms with Gasteiger partial charge in [0.15, 0.2) is 0 Å². The smallest absolute Gasteiger partial charge is 0.339 e. The largest absolute Gasteiger partial charge is 0.478 e. The van der Waals surface area contributed by atoms with Crippen LogP contribution >= 0.6 is 0 Å². The molecule has 0 radical (unpaired) electrons. The van der Waals surface area contributed by atoms with Crippen LogP contribution in [0.15, 0.2) is 36.9 Å². The van der Waals surface area contributed by atoms with E-state index in [1.807, 2.05) is 0 Å². The topological polar surface area (TPSA) is 110 Å². The van der Waals surface area contributed by atoms with E-state index >= 15 is 0 Å². The van der Waals surface area contributed by atoms with Crippen LogP contribution in [0.3, 0.4) is 0 Å². The summed E-state index contributed by atoms with van der Waals surface area (Å²) < 4.78 is 9.79. The van der Waals surface area contributed by atoms with Crippen LogP contribution in [0.1, 0.15) is 40.5 Å². The maximum Gasteiger partial charge on any atom is 0.339 e. The van der Waals surface area contributed by atoms with Crippen molar-refractivity contribution in [2.45, 2.75) is 25.4 Å². The standard InChI is InChI=1S/C17H20O7/c1-3-14(18)23-10-6-9-17(2,22)11-24-16(21)13-8-5-4-7-12(13)15(19)20/h3-5,7-8,22H,1,6,9-11H2,2H3,(H,19,20). The molecule has 1 unspecified atom stereocenters. The third-order valence-electron chi connectivity index (χ3n) is 3.16. The van der Waals surface area contributed by atoms with E-state index < -0.39 is 23.5 Å². The molecule has 1 aromatic rings. The third-order valence-corrected chi connectivity index (χ3v) is 3.16. The van der Waals surface area contributed by atoms with Gasteiger partial charge in [0.1, 0.15) is 6.61 Å². The lowest BCUT2D eigenvalue weighted by atomic mass is 10.0. The highest BCUT2D eigenvalue weighted by atomic mass is 16.5. The zero-order chi connectivity index (χ0) is 18.2. The van der Waals surface area contributed by atoms with E-state index in [1.165, 1.54) is 31.2 Å². The normalized spacial score (nSPS) is 12.8. The zero-order valence-corrected chi connectivity index (χ0v) is 13.4. The van der Waals surface area contributed by atoms with Gasteiger partial charge in [0.05, 0.1) is 23.3 Å². The van der Waals surface area contributed by atoms with Gasteiger partial charge >= 0.3 is 17.9 Å². The predicted molar refractivity (Wildman–Crippen MR) is 84.7 cm³/mol. The molecule has 24 heavy (non-hydrogen) atoms. The average Bonchev–Trinajstić information content (AvgIpc) is 2.56. The van der Waals surface area contributed by atoms with Crippen molar-refractivity contribution in [1.29, 1.82) is 0 Å². The highest BCUT2D eigenvalue weighted by molar-refractivity contribution is 6.02. The van der Waals surface area contributed by atoms with E-state index in [2.05, 4.69) is 6.58 Å². The van der Waals surface area contributed by atoms with Crippen molar-refractivity contribution in [1.82, 2.24) is 0 Å². The number of carbonyl (C=O) groups excluding carboxylic acids is 2. The van der Waals surface area contributed by atoms with E-state index in [1.54, 1.807) is 0 Å². The zero-order valence-electron chi connectivity index (χ0n) is 13.4. The summed E-state index contributed by atoms with van der Waals surface area (Å²) in [5.74, 6) is -2.61. The molecule has 0 amide bonds. The molecule has 0 bridgehead atoms. The van der Waals surface area contributed by atoms with Crippen molar-refractivity contribution in [2.24, 2.45) is 0 Å². The summed E-state index contributed by atoms with van der Waals surface area (Å²) in [5.41, 5.74) is -1.58. The van der Waals surface area contributed by atoms with Crippen LogP contribution in [-0.2, 0) is 14.3 Å². The molecule has 1 atom stereocenters. The van der Waals surface area contributed by atoms with Gasteiger partial charge in [-0.25, -0.2) is 14.4 Å². The fourth-order valence-corrected chi connectivity index (χ4v) is 1.90. The van der Waals surface area contributed by atoms with Crippen LogP contribution in [-0.4, -0.2) is 46.9 Å². The summed E-state index contributed by atoms with van der Waals surface area (Å²) in [4.78, 5) is 33.9. The Morgan fingerprint density at radius 1 is 1.21 bits per heavy atom. The molecule has 7 heteroatoms. The van der Waals surface area contributed by atoms with Crippen molar-refractivity contribution < 1.29 is 34.1 Å². The Hall–Kier alpha value is -2.67. The van der Waals surface area contributed by atoms with Crippen LogP contribution in [0.4, 0.5) is 0 Å². The lowest BCUT2D eigenvalue weighted by Crippen LogP contribution is -2.32. The highest BCUT2D eigenvalue weighted by Gasteiger charge is 2.24. The van der Waals surface area contributed by atoms with Gasteiger partial charge in [0, 0.05) is 6.08 Å². The van der Waals surface area contributed by atoms with Crippen LogP contribution in [0.2, 0.25) is 0 Å². The molecule has 1 rings (SSSR count). The fraction of sp³-hybridized carbons (Fsp3) is 0.353. The molecule has 1 aromatic carbocycles. The Morgan fingerprint density at radius 3 is 2.42 bits per heavy atom. The number of hydrogen-bond acceptors (Lipinski definition) is 6. The van der Waals surface area contributed by atoms with Gasteiger partial charge in [-0.3, -0.25) is 0 Å². The molecule has 0 heterocycles. The monoisotopic (exact) mass is 336 g/mol. The number of carboxylic acids is 1. The van der Waals surface area contributed by atoms with Gasteiger partial charge in [-0.05, 0) is 31.9 Å². The number of carboxylic acid groups (broad SMARTS) is 1. The summed E-state index contributed by atoms with van der Waals surface area (Å²) in [6.45, 7) is 4.53. The lowest BCUT2D eigenvalue weighted by Gasteiger charge is -2.22. The van der Waals surface area contributed by atoms with Crippen LogP contribution in [0, 0.1) is 0 Å². The number of hydrogen-bond donors (Lipinski definition) is 2. The summed E-state index contributed by atoms with van der Waals surface area (Å²) in [7, 11) is 0. The highest BCUT2D eigenvalue weighted by Crippen LogP contribution is 2.16. The van der Waals surface area contributed by atoms with Gasteiger partial charge in [-0.1, -0.05) is 18.7 Å². The molecule has 0 spiro atoms. The number of benzene rings is 1. The number of esters is 2. The van der Waals surface area contributed by atoms with Crippen LogP contribution in [0.25, 0.3) is 0 Å². The van der Waals surface area contributed by atoms with E-state index in [4.69, 9.17) is 14.6 Å². The first-order valence-corrected chi connectivity index (χ1v) is 7.28. The molecular formula is C17H20O7. The second kappa shape index (κ2) is 8.83. The van der Waals surface area contributed by atoms with Crippen molar-refractivity contribution in [3.8, 4) is 0 Å². The van der Waals surface area contributed by atoms with Gasteiger partial charge in [0.2, 0.25) is 0 Å². The molecule has 0 aromatic heterocycles. The summed E-state index contributed by atoms with van der Waals surface area (Å²) in [6.07, 6.45) is 1.64. The molecule has 2 N–H and O–H groups in total. The first-order chi connectivity index (χ1) is 11.3. The Labute approximate surface area is 139 Å². The molecular weight excluding hydrogens is 316 g/mol. The summed E-state index contributed by atoms with van der Waals surface area (Å²) in [6, 6.07) is 5.66. The first kappa shape index (κ1) is 19.4. The Morgan fingerprint density at radius 2 is 1.83 bits per heavy atom. The van der Waals surface area contributed by atoms with Gasteiger partial charge in [-0.15, -0.1) is 0 Å². The van der Waals surface area contributed by atoms with Crippen molar-refractivity contribution in [3.05, 3.63) is 48.0 Å². The molecule has 0 aliphatic rings. The molecule has 0 aliphatic carbocycles. The summed E-state index contributed by atoms with van der Waals surface area (Å²) >= 11 is 0. The number of ether oxygens (including phenoxy) is 2. The van der Waals surface area contributed by atoms with Gasteiger partial charge in [-0.2, -0.15) is 0 Å². The van der Waals surface area contributed by atoms with Crippen molar-refractivity contribution in [3.63, 3.8) is 0 Å². The van der Waals surface area contributed by atoms with Gasteiger partial charge < -0.3 is 19.7 Å². The minimum absolute atomic E-state index is 0.0827. The second-order valence-electron chi connectivity index (χ2n) is 5.40. The summed E-state index contributed by atoms with van der Waals surface area (Å²) in [5, 5.41) is 19.2. The molecule has 0 aliphatic heterocycles. The molecule has 7 nitrogen and oxygen atoms in total. The molecule has 0 saturated heterocycles. The molecule has 130 valence electrons. The van der Waals surface area contributed by atoms with E-state index in [-0.39, 0.29) is 30.8 Å². The van der Waals surface area contributed by atoms with E-state index in [0.29, 0.717) is 6.42 Å². The maximum absolute atomic E-state index is 12.0. The number of rotatable bonds is 9. The number of aromatic carboxylic acids is 1. The Kier molecular flexibility index (Phi) is 7.13. The van der Waals surface area contributed by atoms with Crippen LogP contribution < -0.4 is 0 Å². The van der Waals surface area contributed by atoms with Crippen molar-refractivity contribution >= 4 is 17.9 Å². The lowest BCUT2D eigenvalue weighted by molar-refractivity contribution is -0.138.